The number of hydrogen-bond donors (Lipinski definition) is 0. The van der Waals surface area contributed by atoms with Gasteiger partial charge in [-0.05, 0) is 17.9 Å². The van der Waals surface area contributed by atoms with Gasteiger partial charge in [-0.2, -0.15) is 4.31 Å². The zero-order valence-corrected chi connectivity index (χ0v) is 14.6. The number of rotatable bonds is 5. The number of nitrogens with zero attached hydrogens (tertiary/aromatic N) is 2. The van der Waals surface area contributed by atoms with Crippen LogP contribution in [-0.4, -0.2) is 62.8 Å². The van der Waals surface area contributed by atoms with Crippen molar-refractivity contribution < 1.29 is 22.7 Å². The van der Waals surface area contributed by atoms with Crippen molar-refractivity contribution in [3.8, 4) is 0 Å². The van der Waals surface area contributed by atoms with Crippen molar-refractivity contribution in [1.82, 2.24) is 9.21 Å². The summed E-state index contributed by atoms with van der Waals surface area (Å²) in [4.78, 5) is 24.8. The number of carbonyl (C=O) groups is 2. The van der Waals surface area contributed by atoms with Crippen LogP contribution in [0.5, 0.6) is 0 Å². The molecule has 1 fully saturated rings. The molecular formula is C14H20N2O5S2. The molecule has 0 bridgehead atoms. The van der Waals surface area contributed by atoms with Gasteiger partial charge in [-0.3, -0.25) is 9.59 Å². The van der Waals surface area contributed by atoms with Crippen molar-refractivity contribution in [3.05, 3.63) is 17.5 Å². The fourth-order valence-electron chi connectivity index (χ4n) is 2.39. The summed E-state index contributed by atoms with van der Waals surface area (Å²) in [6.45, 7) is 1.49. The normalized spacial score (nSPS) is 16.8. The van der Waals surface area contributed by atoms with Crippen molar-refractivity contribution >= 4 is 33.2 Å². The Kier molecular flexibility index (Phi) is 6.14. The van der Waals surface area contributed by atoms with Crippen molar-refractivity contribution in [2.24, 2.45) is 0 Å². The second-order valence-corrected chi connectivity index (χ2v) is 8.26. The first-order chi connectivity index (χ1) is 10.9. The Morgan fingerprint density at radius 2 is 2.00 bits per heavy atom. The molecule has 0 spiro atoms. The van der Waals surface area contributed by atoms with Gasteiger partial charge in [-0.1, -0.05) is 6.07 Å². The maximum absolute atomic E-state index is 12.5. The summed E-state index contributed by atoms with van der Waals surface area (Å²) < 4.78 is 31.3. The lowest BCUT2D eigenvalue weighted by atomic mass is 10.2. The van der Waals surface area contributed by atoms with Crippen molar-refractivity contribution in [2.45, 2.75) is 23.5 Å². The van der Waals surface area contributed by atoms with Crippen molar-refractivity contribution in [3.63, 3.8) is 0 Å². The maximum atomic E-state index is 12.5. The lowest BCUT2D eigenvalue weighted by molar-refractivity contribution is -0.143. The average molecular weight is 360 g/mol. The van der Waals surface area contributed by atoms with E-state index in [1.54, 1.807) is 22.4 Å². The molecule has 1 amide bonds. The molecule has 0 radical (unpaired) electrons. The van der Waals surface area contributed by atoms with Gasteiger partial charge in [0.2, 0.25) is 5.91 Å². The standard InChI is InChI=1S/C14H20N2O5S2/c1-21-13(18)6-5-12(17)15-7-3-8-16(10-9-15)23(19,20)14-4-2-11-22-14/h2,4,11H,3,5-10H2,1H3. The molecule has 9 heteroatoms. The molecule has 0 N–H and O–H groups in total. The first-order valence-corrected chi connectivity index (χ1v) is 9.65. The summed E-state index contributed by atoms with van der Waals surface area (Å²) in [5, 5.41) is 1.73. The van der Waals surface area contributed by atoms with Gasteiger partial charge in [-0.15, -0.1) is 11.3 Å². The Bertz CT molecular complexity index is 642. The zero-order valence-electron chi connectivity index (χ0n) is 12.9. The molecule has 0 saturated carbocycles. The minimum absolute atomic E-state index is 0.0447. The molecule has 0 atom stereocenters. The van der Waals surface area contributed by atoms with E-state index >= 15 is 0 Å². The van der Waals surface area contributed by atoms with E-state index in [-0.39, 0.29) is 25.3 Å². The molecule has 1 saturated heterocycles. The molecule has 23 heavy (non-hydrogen) atoms. The number of methoxy groups -OCH3 is 1. The predicted octanol–water partition coefficient (Wildman–Crippen LogP) is 0.924. The number of thiophene rings is 1. The molecule has 0 unspecified atom stereocenters. The van der Waals surface area contributed by atoms with E-state index in [0.717, 1.165) is 0 Å². The number of carbonyl (C=O) groups excluding carboxylic acids is 2. The van der Waals surface area contributed by atoms with Crippen LogP contribution in [0.25, 0.3) is 0 Å². The minimum Gasteiger partial charge on any atom is -0.469 e. The molecule has 1 aliphatic heterocycles. The number of esters is 1. The van der Waals surface area contributed by atoms with Gasteiger partial charge in [0.15, 0.2) is 0 Å². The van der Waals surface area contributed by atoms with Gasteiger partial charge in [-0.25, -0.2) is 8.42 Å². The number of hydrogen-bond acceptors (Lipinski definition) is 6. The van der Waals surface area contributed by atoms with Crippen LogP contribution in [0, 0.1) is 0 Å². The van der Waals surface area contributed by atoms with Crippen molar-refractivity contribution in [1.29, 1.82) is 0 Å². The number of amides is 1. The lowest BCUT2D eigenvalue weighted by Gasteiger charge is -2.21. The van der Waals surface area contributed by atoms with Crippen LogP contribution < -0.4 is 0 Å². The molecule has 0 aromatic carbocycles. The van der Waals surface area contributed by atoms with E-state index in [0.29, 0.717) is 30.3 Å². The highest BCUT2D eigenvalue weighted by Gasteiger charge is 2.28. The molecule has 2 rings (SSSR count). The molecule has 1 aromatic rings. The largest absolute Gasteiger partial charge is 0.469 e. The fraction of sp³-hybridized carbons (Fsp3) is 0.571. The first-order valence-electron chi connectivity index (χ1n) is 7.33. The van der Waals surface area contributed by atoms with Gasteiger partial charge < -0.3 is 9.64 Å². The van der Waals surface area contributed by atoms with Crippen LogP contribution in [0.2, 0.25) is 0 Å². The first kappa shape index (κ1) is 17.9. The zero-order chi connectivity index (χ0) is 16.9. The van der Waals surface area contributed by atoms with Gasteiger partial charge in [0, 0.05) is 32.6 Å². The summed E-state index contributed by atoms with van der Waals surface area (Å²) >= 11 is 1.19. The third-order valence-electron chi connectivity index (χ3n) is 3.67. The molecule has 0 aliphatic carbocycles. The lowest BCUT2D eigenvalue weighted by Crippen LogP contribution is -2.37. The minimum atomic E-state index is -3.48. The number of ether oxygens (including phenoxy) is 1. The van der Waals surface area contributed by atoms with Gasteiger partial charge in [0.25, 0.3) is 10.0 Å². The molecule has 1 aliphatic rings. The third kappa shape index (κ3) is 4.52. The number of sulfonamides is 1. The van der Waals surface area contributed by atoms with Gasteiger partial charge >= 0.3 is 5.97 Å². The molecule has 1 aromatic heterocycles. The average Bonchev–Trinajstić information content (AvgIpc) is 2.97. The smallest absolute Gasteiger partial charge is 0.306 e. The second kappa shape index (κ2) is 7.89. The monoisotopic (exact) mass is 360 g/mol. The Balaban J connectivity index is 1.94. The van der Waals surface area contributed by atoms with E-state index in [2.05, 4.69) is 4.74 Å². The second-order valence-electron chi connectivity index (χ2n) is 5.15. The van der Waals surface area contributed by atoms with Crippen LogP contribution in [0.4, 0.5) is 0 Å². The van der Waals surface area contributed by atoms with E-state index in [9.17, 15) is 18.0 Å². The van der Waals surface area contributed by atoms with Crippen LogP contribution in [-0.2, 0) is 24.3 Å². The topological polar surface area (TPSA) is 84.0 Å². The van der Waals surface area contributed by atoms with E-state index in [4.69, 9.17) is 0 Å². The highest BCUT2D eigenvalue weighted by molar-refractivity contribution is 7.91. The summed E-state index contributed by atoms with van der Waals surface area (Å²) in [7, 11) is -2.20. The van der Waals surface area contributed by atoms with E-state index < -0.39 is 16.0 Å². The summed E-state index contributed by atoms with van der Waals surface area (Å²) in [6.07, 6.45) is 0.710. The fourth-order valence-corrected chi connectivity index (χ4v) is 5.00. The van der Waals surface area contributed by atoms with Crippen LogP contribution in [0.15, 0.2) is 21.7 Å². The molecular weight excluding hydrogens is 340 g/mol. The van der Waals surface area contributed by atoms with E-state index in [1.807, 2.05) is 0 Å². The summed E-state index contributed by atoms with van der Waals surface area (Å²) in [5.41, 5.74) is 0. The third-order valence-corrected chi connectivity index (χ3v) is 6.94. The van der Waals surface area contributed by atoms with Gasteiger partial charge in [0.1, 0.15) is 4.21 Å². The Morgan fingerprint density at radius 3 is 2.65 bits per heavy atom. The van der Waals surface area contributed by atoms with Gasteiger partial charge in [0.05, 0.1) is 13.5 Å². The summed E-state index contributed by atoms with van der Waals surface area (Å²) in [5.74, 6) is -0.569. The van der Waals surface area contributed by atoms with Crippen LogP contribution in [0.1, 0.15) is 19.3 Å². The van der Waals surface area contributed by atoms with E-state index in [1.165, 1.54) is 22.8 Å². The quantitative estimate of drug-likeness (QED) is 0.729. The van der Waals surface area contributed by atoms with Crippen molar-refractivity contribution in [2.75, 3.05) is 33.3 Å². The predicted molar refractivity (Wildman–Crippen MR) is 85.5 cm³/mol. The molecule has 128 valence electrons. The SMILES string of the molecule is COC(=O)CCC(=O)N1CCCN(S(=O)(=O)c2cccs2)CC1. The Morgan fingerprint density at radius 1 is 1.22 bits per heavy atom. The summed E-state index contributed by atoms with van der Waals surface area (Å²) in [6, 6.07) is 3.29. The highest BCUT2D eigenvalue weighted by atomic mass is 32.2. The molecule has 7 nitrogen and oxygen atoms in total. The van der Waals surface area contributed by atoms with Crippen LogP contribution >= 0.6 is 11.3 Å². The maximum Gasteiger partial charge on any atom is 0.306 e. The Labute approximate surface area is 139 Å². The Hall–Kier alpha value is -1.45. The highest BCUT2D eigenvalue weighted by Crippen LogP contribution is 2.22. The molecule has 2 heterocycles. The van der Waals surface area contributed by atoms with Crippen LogP contribution in [0.3, 0.4) is 0 Å².